The molecule has 1 aromatic rings. The van der Waals surface area contributed by atoms with Gasteiger partial charge in [-0.05, 0) is 72.1 Å². The van der Waals surface area contributed by atoms with E-state index in [1.54, 1.807) is 0 Å². The summed E-state index contributed by atoms with van der Waals surface area (Å²) in [5.41, 5.74) is -0.0144. The summed E-state index contributed by atoms with van der Waals surface area (Å²) in [5.74, 6) is -2.88. The van der Waals surface area contributed by atoms with Gasteiger partial charge >= 0.3 is 5.97 Å². The zero-order valence-electron chi connectivity index (χ0n) is 12.4. The van der Waals surface area contributed by atoms with Gasteiger partial charge in [-0.1, -0.05) is 12.2 Å². The van der Waals surface area contributed by atoms with E-state index in [0.29, 0.717) is 14.0 Å². The Bertz CT molecular complexity index is 838. The van der Waals surface area contributed by atoms with Crippen molar-refractivity contribution in [3.63, 3.8) is 0 Å². The second-order valence-corrected chi connectivity index (χ2v) is 8.73. The third-order valence-corrected chi connectivity index (χ3v) is 6.96. The van der Waals surface area contributed by atoms with Gasteiger partial charge in [0.1, 0.15) is 5.75 Å². The second-order valence-electron chi connectivity index (χ2n) is 6.23. The highest BCUT2D eigenvalue weighted by Crippen LogP contribution is 2.52. The summed E-state index contributed by atoms with van der Waals surface area (Å²) >= 11 is 9.50. The normalized spacial score (nSPS) is 29.5. The van der Waals surface area contributed by atoms with E-state index in [-0.39, 0.29) is 27.6 Å². The van der Waals surface area contributed by atoms with Crippen LogP contribution in [0.25, 0.3) is 0 Å². The highest BCUT2D eigenvalue weighted by Gasteiger charge is 2.61. The van der Waals surface area contributed by atoms with Crippen molar-refractivity contribution in [1.82, 2.24) is 5.06 Å². The highest BCUT2D eigenvalue weighted by atomic mass is 79.9. The Morgan fingerprint density at radius 3 is 2.20 bits per heavy atom. The topological polar surface area (TPSA) is 83.9 Å². The van der Waals surface area contributed by atoms with E-state index >= 15 is 0 Å². The standard InChI is InChI=1S/C16H10Br3NO5/c17-7-4-8(18)13(21)12(19)11(7)16(24)25-20-14(22)9-5-1-2-6(3-5)10(9)15(20)23/h1-2,4-6,9-10,21H,3H2. The minimum Gasteiger partial charge on any atom is -0.506 e. The maximum atomic E-state index is 12.6. The van der Waals surface area contributed by atoms with Crippen molar-refractivity contribution in [3.05, 3.63) is 37.2 Å². The molecule has 1 saturated carbocycles. The molecule has 6 nitrogen and oxygen atoms in total. The number of halogens is 3. The predicted octanol–water partition coefficient (Wildman–Crippen LogP) is 3.56. The van der Waals surface area contributed by atoms with E-state index in [4.69, 9.17) is 4.84 Å². The molecule has 2 amide bonds. The third kappa shape index (κ3) is 2.43. The molecule has 1 saturated heterocycles. The molecule has 4 rings (SSSR count). The first-order valence-corrected chi connectivity index (χ1v) is 9.84. The van der Waals surface area contributed by atoms with Gasteiger partial charge in [-0.2, -0.15) is 0 Å². The van der Waals surface area contributed by atoms with Gasteiger partial charge in [0.15, 0.2) is 0 Å². The van der Waals surface area contributed by atoms with Crippen molar-refractivity contribution in [1.29, 1.82) is 0 Å². The molecule has 25 heavy (non-hydrogen) atoms. The van der Waals surface area contributed by atoms with Crippen LogP contribution < -0.4 is 0 Å². The van der Waals surface area contributed by atoms with Gasteiger partial charge in [-0.3, -0.25) is 9.59 Å². The molecule has 0 radical (unpaired) electrons. The molecule has 0 aromatic heterocycles. The number of fused-ring (bicyclic) bond motifs is 5. The molecular formula is C16H10Br3NO5. The van der Waals surface area contributed by atoms with Gasteiger partial charge < -0.3 is 9.94 Å². The van der Waals surface area contributed by atoms with E-state index in [2.05, 4.69) is 47.8 Å². The highest BCUT2D eigenvalue weighted by molar-refractivity contribution is 9.11. The van der Waals surface area contributed by atoms with E-state index in [1.807, 2.05) is 12.2 Å². The fourth-order valence-electron chi connectivity index (χ4n) is 3.86. The number of amides is 2. The number of rotatable bonds is 2. The summed E-state index contributed by atoms with van der Waals surface area (Å²) in [6, 6.07) is 1.48. The van der Waals surface area contributed by atoms with Crippen molar-refractivity contribution < 1.29 is 24.3 Å². The largest absolute Gasteiger partial charge is 0.506 e. The zero-order chi connectivity index (χ0) is 18.0. The van der Waals surface area contributed by atoms with Crippen LogP contribution in [0.2, 0.25) is 0 Å². The van der Waals surface area contributed by atoms with Crippen LogP contribution in [-0.2, 0) is 14.4 Å². The number of phenols is 1. The number of hydroxylamine groups is 2. The third-order valence-electron chi connectivity index (χ3n) is 4.95. The molecule has 1 heterocycles. The average Bonchev–Trinajstić information content (AvgIpc) is 3.22. The molecule has 2 bridgehead atoms. The van der Waals surface area contributed by atoms with Crippen LogP contribution in [0.5, 0.6) is 5.75 Å². The van der Waals surface area contributed by atoms with Crippen molar-refractivity contribution in [2.24, 2.45) is 23.7 Å². The number of carbonyl (C=O) groups is 3. The summed E-state index contributed by atoms with van der Waals surface area (Å²) in [6.07, 6.45) is 4.72. The van der Waals surface area contributed by atoms with Crippen molar-refractivity contribution in [2.45, 2.75) is 6.42 Å². The maximum absolute atomic E-state index is 12.6. The lowest BCUT2D eigenvalue weighted by atomic mass is 9.85. The van der Waals surface area contributed by atoms with Gasteiger partial charge in [-0.15, -0.1) is 5.06 Å². The summed E-state index contributed by atoms with van der Waals surface area (Å²) in [6.45, 7) is 0. The number of allylic oxidation sites excluding steroid dienone is 2. The van der Waals surface area contributed by atoms with Crippen LogP contribution in [0.15, 0.2) is 31.6 Å². The summed E-state index contributed by atoms with van der Waals surface area (Å²) < 4.78 is 0.808. The number of hydrogen-bond donors (Lipinski definition) is 1. The van der Waals surface area contributed by atoms with Crippen LogP contribution in [-0.4, -0.2) is 28.0 Å². The molecule has 1 N–H and O–H groups in total. The second kappa shape index (κ2) is 5.92. The van der Waals surface area contributed by atoms with Crippen LogP contribution in [0, 0.1) is 23.7 Å². The minimum atomic E-state index is -0.913. The molecule has 2 aliphatic carbocycles. The Hall–Kier alpha value is -1.19. The van der Waals surface area contributed by atoms with Crippen LogP contribution in [0.1, 0.15) is 16.8 Å². The number of hydrogen-bond acceptors (Lipinski definition) is 5. The number of aromatic hydroxyl groups is 1. The van der Waals surface area contributed by atoms with E-state index in [0.717, 1.165) is 6.42 Å². The number of nitrogens with zero attached hydrogens (tertiary/aromatic N) is 1. The lowest BCUT2D eigenvalue weighted by Gasteiger charge is -2.17. The van der Waals surface area contributed by atoms with Gasteiger partial charge in [0, 0.05) is 4.47 Å². The zero-order valence-corrected chi connectivity index (χ0v) is 17.2. The fraction of sp³-hybridized carbons (Fsp3) is 0.312. The van der Waals surface area contributed by atoms with Crippen LogP contribution >= 0.6 is 47.8 Å². The Balaban J connectivity index is 1.62. The summed E-state index contributed by atoms with van der Waals surface area (Å²) in [5, 5.41) is 10.5. The molecule has 9 heteroatoms. The minimum absolute atomic E-state index is 0.0144. The van der Waals surface area contributed by atoms with Gasteiger partial charge in [-0.25, -0.2) is 4.79 Å². The number of carbonyl (C=O) groups excluding carboxylic acids is 3. The quantitative estimate of drug-likeness (QED) is 0.462. The molecule has 3 aliphatic rings. The van der Waals surface area contributed by atoms with E-state index < -0.39 is 29.6 Å². The lowest BCUT2D eigenvalue weighted by molar-refractivity contribution is -0.175. The van der Waals surface area contributed by atoms with E-state index in [9.17, 15) is 19.5 Å². The van der Waals surface area contributed by atoms with Crippen molar-refractivity contribution in [2.75, 3.05) is 0 Å². The first-order valence-electron chi connectivity index (χ1n) is 7.46. The van der Waals surface area contributed by atoms with Crippen molar-refractivity contribution in [3.8, 4) is 5.75 Å². The Kier molecular flexibility index (Phi) is 4.08. The molecule has 4 atom stereocenters. The molecule has 1 aromatic carbocycles. The van der Waals surface area contributed by atoms with Crippen LogP contribution in [0.3, 0.4) is 0 Å². The molecule has 1 aliphatic heterocycles. The smallest absolute Gasteiger partial charge is 0.366 e. The Labute approximate surface area is 167 Å². The Morgan fingerprint density at radius 2 is 1.64 bits per heavy atom. The lowest BCUT2D eigenvalue weighted by Crippen LogP contribution is -2.35. The molecule has 130 valence electrons. The molecule has 0 spiro atoms. The van der Waals surface area contributed by atoms with Gasteiger partial charge in [0.25, 0.3) is 11.8 Å². The van der Waals surface area contributed by atoms with E-state index in [1.165, 1.54) is 6.07 Å². The van der Waals surface area contributed by atoms with Crippen LogP contribution in [0.4, 0.5) is 0 Å². The molecule has 2 fully saturated rings. The number of phenolic OH excluding ortho intramolecular Hbond substituents is 1. The number of benzene rings is 1. The number of imide groups is 1. The first kappa shape index (κ1) is 17.2. The van der Waals surface area contributed by atoms with Gasteiger partial charge in [0.2, 0.25) is 0 Å². The maximum Gasteiger partial charge on any atom is 0.366 e. The summed E-state index contributed by atoms with van der Waals surface area (Å²) in [4.78, 5) is 42.8. The first-order chi connectivity index (χ1) is 11.8. The van der Waals surface area contributed by atoms with Gasteiger partial charge in [0.05, 0.1) is 26.3 Å². The van der Waals surface area contributed by atoms with Crippen molar-refractivity contribution >= 4 is 65.6 Å². The Morgan fingerprint density at radius 1 is 1.08 bits per heavy atom. The molecule has 4 unspecified atom stereocenters. The molecular weight excluding hydrogens is 526 g/mol. The summed E-state index contributed by atoms with van der Waals surface area (Å²) in [7, 11) is 0. The fourth-order valence-corrected chi connectivity index (χ4v) is 6.30. The average molecular weight is 536 g/mol. The monoisotopic (exact) mass is 533 g/mol. The predicted molar refractivity (Wildman–Crippen MR) is 96.2 cm³/mol. The SMILES string of the molecule is O=C(ON1C(=O)C2C3C=CC(C3)C2C1=O)c1c(Br)cc(Br)c(O)c1Br.